The monoisotopic (exact) mass is 445 g/mol. The molecule has 3 aromatic carbocycles. The van der Waals surface area contributed by atoms with Crippen molar-refractivity contribution in [3.63, 3.8) is 0 Å². The quantitative estimate of drug-likeness (QED) is 0.392. The number of carbonyl (C=O) groups excluding carboxylic acids is 1. The predicted molar refractivity (Wildman–Crippen MR) is 111 cm³/mol. The summed E-state index contributed by atoms with van der Waals surface area (Å²) < 4.78 is 43.9. The molecule has 31 heavy (non-hydrogen) atoms. The van der Waals surface area contributed by atoms with E-state index in [0.29, 0.717) is 21.7 Å². The van der Waals surface area contributed by atoms with Crippen LogP contribution in [0, 0.1) is 0 Å². The molecule has 0 atom stereocenters. The number of anilines is 1. The Morgan fingerprint density at radius 1 is 1.06 bits per heavy atom. The Morgan fingerprint density at radius 3 is 2.52 bits per heavy atom. The minimum atomic E-state index is -4.46. The van der Waals surface area contributed by atoms with Crippen molar-refractivity contribution in [1.29, 1.82) is 0 Å². The van der Waals surface area contributed by atoms with Crippen LogP contribution in [0.15, 0.2) is 66.7 Å². The standard InChI is InChI=1S/C22H15ClF3N3O2/c23-18-4-2-1-3-14(18)12-31-16-9-10-19-17(11-16)20(29-28-19)27-21(30)13-5-7-15(8-6-13)22(24,25)26/h1-11H,12H2,(H2,27,28,29,30). The molecular formula is C22H15ClF3N3O2. The number of nitrogens with one attached hydrogen (secondary N) is 2. The first-order valence-electron chi connectivity index (χ1n) is 9.14. The van der Waals surface area contributed by atoms with Crippen LogP contribution in [0.4, 0.5) is 19.0 Å². The maximum absolute atomic E-state index is 12.7. The average molecular weight is 446 g/mol. The van der Waals surface area contributed by atoms with E-state index in [2.05, 4.69) is 15.5 Å². The molecule has 1 aromatic heterocycles. The number of aromatic amines is 1. The van der Waals surface area contributed by atoms with Crippen molar-refractivity contribution in [2.45, 2.75) is 12.8 Å². The van der Waals surface area contributed by atoms with Gasteiger partial charge in [0.05, 0.1) is 11.1 Å². The summed E-state index contributed by atoms with van der Waals surface area (Å²) in [7, 11) is 0. The minimum Gasteiger partial charge on any atom is -0.489 e. The second-order valence-corrected chi connectivity index (χ2v) is 7.10. The number of ether oxygens (including phenoxy) is 1. The third-order valence-electron chi connectivity index (χ3n) is 4.59. The summed E-state index contributed by atoms with van der Waals surface area (Å²) in [5.74, 6) is 0.200. The molecule has 4 aromatic rings. The number of halogens is 4. The summed E-state index contributed by atoms with van der Waals surface area (Å²) in [5.41, 5.74) is 0.741. The molecule has 1 heterocycles. The fourth-order valence-corrected chi connectivity index (χ4v) is 3.14. The van der Waals surface area contributed by atoms with Crippen LogP contribution < -0.4 is 10.1 Å². The Hall–Kier alpha value is -3.52. The van der Waals surface area contributed by atoms with Crippen molar-refractivity contribution in [2.75, 3.05) is 5.32 Å². The van der Waals surface area contributed by atoms with E-state index in [1.807, 2.05) is 18.2 Å². The molecule has 1 amide bonds. The number of amides is 1. The average Bonchev–Trinajstić information content (AvgIpc) is 3.14. The fourth-order valence-electron chi connectivity index (χ4n) is 2.95. The summed E-state index contributed by atoms with van der Waals surface area (Å²) in [5, 5.41) is 10.7. The van der Waals surface area contributed by atoms with Gasteiger partial charge in [0.15, 0.2) is 5.82 Å². The molecule has 4 rings (SSSR count). The van der Waals surface area contributed by atoms with E-state index in [4.69, 9.17) is 16.3 Å². The molecule has 0 saturated heterocycles. The Bertz CT molecular complexity index is 1240. The van der Waals surface area contributed by atoms with Crippen LogP contribution in [0.2, 0.25) is 5.02 Å². The minimum absolute atomic E-state index is 0.0790. The molecule has 0 aliphatic carbocycles. The highest BCUT2D eigenvalue weighted by atomic mass is 35.5. The molecule has 0 bridgehead atoms. The van der Waals surface area contributed by atoms with Crippen LogP contribution in [-0.2, 0) is 12.8 Å². The lowest BCUT2D eigenvalue weighted by Gasteiger charge is -2.09. The molecule has 0 fully saturated rings. The van der Waals surface area contributed by atoms with Gasteiger partial charge in [-0.3, -0.25) is 9.89 Å². The van der Waals surface area contributed by atoms with E-state index < -0.39 is 17.6 Å². The summed E-state index contributed by atoms with van der Waals surface area (Å²) in [6.07, 6.45) is -4.46. The molecule has 0 aliphatic rings. The zero-order valence-electron chi connectivity index (χ0n) is 15.8. The van der Waals surface area contributed by atoms with Gasteiger partial charge in [0, 0.05) is 21.5 Å². The van der Waals surface area contributed by atoms with E-state index in [0.717, 1.165) is 29.8 Å². The van der Waals surface area contributed by atoms with Gasteiger partial charge < -0.3 is 10.1 Å². The van der Waals surface area contributed by atoms with Crippen LogP contribution in [0.25, 0.3) is 10.9 Å². The second kappa shape index (κ2) is 8.31. The summed E-state index contributed by atoms with van der Waals surface area (Å²) in [4.78, 5) is 12.5. The Balaban J connectivity index is 1.51. The van der Waals surface area contributed by atoms with E-state index in [1.165, 1.54) is 0 Å². The summed E-state index contributed by atoms with van der Waals surface area (Å²) in [6, 6.07) is 16.5. The highest BCUT2D eigenvalue weighted by Gasteiger charge is 2.30. The lowest BCUT2D eigenvalue weighted by atomic mass is 10.1. The maximum atomic E-state index is 12.7. The Kier molecular flexibility index (Phi) is 5.56. The van der Waals surface area contributed by atoms with Gasteiger partial charge in [-0.25, -0.2) is 0 Å². The van der Waals surface area contributed by atoms with Crippen molar-refractivity contribution >= 4 is 34.2 Å². The zero-order valence-corrected chi connectivity index (χ0v) is 16.6. The third kappa shape index (κ3) is 4.64. The van der Waals surface area contributed by atoms with Gasteiger partial charge >= 0.3 is 6.18 Å². The molecule has 0 saturated carbocycles. The summed E-state index contributed by atoms with van der Waals surface area (Å²) >= 11 is 6.14. The molecule has 0 spiro atoms. The second-order valence-electron chi connectivity index (χ2n) is 6.69. The van der Waals surface area contributed by atoms with Crippen molar-refractivity contribution < 1.29 is 22.7 Å². The van der Waals surface area contributed by atoms with Gasteiger partial charge in [0.1, 0.15) is 12.4 Å². The zero-order chi connectivity index (χ0) is 22.0. The van der Waals surface area contributed by atoms with Gasteiger partial charge in [-0.15, -0.1) is 0 Å². The van der Waals surface area contributed by atoms with Crippen LogP contribution in [-0.4, -0.2) is 16.1 Å². The molecule has 0 radical (unpaired) electrons. The predicted octanol–water partition coefficient (Wildman–Crippen LogP) is 6.07. The number of hydrogen-bond acceptors (Lipinski definition) is 3. The maximum Gasteiger partial charge on any atom is 0.416 e. The van der Waals surface area contributed by atoms with Gasteiger partial charge in [-0.05, 0) is 48.5 Å². The number of H-pyrrole nitrogens is 1. The number of aromatic nitrogens is 2. The summed E-state index contributed by atoms with van der Waals surface area (Å²) in [6.45, 7) is 0.260. The van der Waals surface area contributed by atoms with Gasteiger partial charge in [-0.2, -0.15) is 18.3 Å². The topological polar surface area (TPSA) is 67.0 Å². The number of fused-ring (bicyclic) bond motifs is 1. The molecular weight excluding hydrogens is 431 g/mol. The number of alkyl halides is 3. The number of nitrogens with zero attached hydrogens (tertiary/aromatic N) is 1. The van der Waals surface area contributed by atoms with Crippen molar-refractivity contribution in [1.82, 2.24) is 10.2 Å². The van der Waals surface area contributed by atoms with Crippen molar-refractivity contribution in [2.24, 2.45) is 0 Å². The van der Waals surface area contributed by atoms with E-state index in [9.17, 15) is 18.0 Å². The van der Waals surface area contributed by atoms with Gasteiger partial charge in [0.2, 0.25) is 0 Å². The first-order valence-corrected chi connectivity index (χ1v) is 9.52. The van der Waals surface area contributed by atoms with E-state index in [-0.39, 0.29) is 18.0 Å². The molecule has 0 aliphatic heterocycles. The van der Waals surface area contributed by atoms with E-state index >= 15 is 0 Å². The normalized spacial score (nSPS) is 11.5. The van der Waals surface area contributed by atoms with Gasteiger partial charge in [-0.1, -0.05) is 29.8 Å². The highest BCUT2D eigenvalue weighted by Crippen LogP contribution is 2.30. The Morgan fingerprint density at radius 2 is 1.81 bits per heavy atom. The first kappa shape index (κ1) is 20.7. The van der Waals surface area contributed by atoms with Crippen molar-refractivity contribution in [3.8, 4) is 5.75 Å². The molecule has 5 nitrogen and oxygen atoms in total. The SMILES string of the molecule is O=C(Nc1n[nH]c2ccc(OCc3ccccc3Cl)cc12)c1ccc(C(F)(F)F)cc1. The lowest BCUT2D eigenvalue weighted by molar-refractivity contribution is -0.137. The number of rotatable bonds is 5. The molecule has 2 N–H and O–H groups in total. The van der Waals surface area contributed by atoms with Crippen molar-refractivity contribution in [3.05, 3.63) is 88.4 Å². The fraction of sp³-hybridized carbons (Fsp3) is 0.0909. The first-order chi connectivity index (χ1) is 14.8. The highest BCUT2D eigenvalue weighted by molar-refractivity contribution is 6.31. The van der Waals surface area contributed by atoms with E-state index in [1.54, 1.807) is 24.3 Å². The van der Waals surface area contributed by atoms with Crippen LogP contribution in [0.5, 0.6) is 5.75 Å². The third-order valence-corrected chi connectivity index (χ3v) is 4.96. The van der Waals surface area contributed by atoms with Gasteiger partial charge in [0.25, 0.3) is 5.91 Å². The van der Waals surface area contributed by atoms with Crippen LogP contribution in [0.1, 0.15) is 21.5 Å². The largest absolute Gasteiger partial charge is 0.489 e. The number of hydrogen-bond donors (Lipinski definition) is 2. The van der Waals surface area contributed by atoms with Crippen LogP contribution >= 0.6 is 11.6 Å². The Labute approximate surface area is 179 Å². The van der Waals surface area contributed by atoms with Crippen LogP contribution in [0.3, 0.4) is 0 Å². The molecule has 9 heteroatoms. The lowest BCUT2D eigenvalue weighted by Crippen LogP contribution is -2.13. The number of benzene rings is 3. The number of carbonyl (C=O) groups is 1. The molecule has 0 unspecified atom stereocenters. The molecule has 158 valence electrons. The smallest absolute Gasteiger partial charge is 0.416 e.